The van der Waals surface area contributed by atoms with Gasteiger partial charge in [0.1, 0.15) is 5.82 Å². The highest BCUT2D eigenvalue weighted by molar-refractivity contribution is 5.70. The summed E-state index contributed by atoms with van der Waals surface area (Å²) < 4.78 is 0. The Labute approximate surface area is 143 Å². The van der Waals surface area contributed by atoms with Crippen molar-refractivity contribution in [2.45, 2.75) is 64.3 Å². The number of nitrogens with zero attached hydrogens (tertiary/aromatic N) is 3. The van der Waals surface area contributed by atoms with Crippen LogP contribution < -0.4 is 10.2 Å². The fourth-order valence-electron chi connectivity index (χ4n) is 3.74. The molecule has 24 heavy (non-hydrogen) atoms. The normalized spacial score (nSPS) is 20.6. The van der Waals surface area contributed by atoms with E-state index in [-0.39, 0.29) is 5.92 Å². The molecule has 6 nitrogen and oxygen atoms in total. The number of aromatic nitrogens is 2. The van der Waals surface area contributed by atoms with E-state index in [0.717, 1.165) is 30.5 Å². The molecule has 2 N–H and O–H groups in total. The number of carbonyl (C=O) groups is 1. The Morgan fingerprint density at radius 2 is 1.79 bits per heavy atom. The summed E-state index contributed by atoms with van der Waals surface area (Å²) in [6, 6.07) is 2.47. The van der Waals surface area contributed by atoms with Gasteiger partial charge in [-0.2, -0.15) is 4.98 Å². The summed E-state index contributed by atoms with van der Waals surface area (Å²) in [5, 5.41) is 12.7. The van der Waals surface area contributed by atoms with E-state index in [0.29, 0.717) is 18.9 Å². The molecular weight excluding hydrogens is 304 g/mol. The van der Waals surface area contributed by atoms with Gasteiger partial charge in [-0.15, -0.1) is 0 Å². The molecule has 2 fully saturated rings. The second-order valence-electron chi connectivity index (χ2n) is 7.12. The van der Waals surface area contributed by atoms with E-state index in [9.17, 15) is 4.79 Å². The first-order valence-electron chi connectivity index (χ1n) is 9.22. The molecule has 0 spiro atoms. The van der Waals surface area contributed by atoms with E-state index < -0.39 is 5.97 Å². The average molecular weight is 332 g/mol. The lowest BCUT2D eigenvalue weighted by Gasteiger charge is -2.31. The summed E-state index contributed by atoms with van der Waals surface area (Å²) in [7, 11) is 0. The van der Waals surface area contributed by atoms with Gasteiger partial charge in [0.2, 0.25) is 5.95 Å². The molecule has 0 radical (unpaired) electrons. The molecule has 132 valence electrons. The fourth-order valence-corrected chi connectivity index (χ4v) is 3.74. The van der Waals surface area contributed by atoms with Crippen LogP contribution in [0.15, 0.2) is 6.07 Å². The van der Waals surface area contributed by atoms with Gasteiger partial charge in [0.25, 0.3) is 0 Å². The van der Waals surface area contributed by atoms with Crippen LogP contribution in [0.1, 0.15) is 57.1 Å². The first kappa shape index (κ1) is 17.0. The van der Waals surface area contributed by atoms with Gasteiger partial charge < -0.3 is 15.3 Å². The summed E-state index contributed by atoms with van der Waals surface area (Å²) in [5.74, 6) is 0.747. The van der Waals surface area contributed by atoms with E-state index in [1.165, 1.54) is 38.5 Å². The summed E-state index contributed by atoms with van der Waals surface area (Å²) in [4.78, 5) is 22.5. The number of carboxylic acid groups (broad SMARTS) is 1. The molecule has 0 atom stereocenters. The molecule has 0 amide bonds. The van der Waals surface area contributed by atoms with Gasteiger partial charge in [0.15, 0.2) is 0 Å². The second-order valence-corrected chi connectivity index (χ2v) is 7.12. The maximum Gasteiger partial charge on any atom is 0.306 e. The molecule has 1 saturated heterocycles. The van der Waals surface area contributed by atoms with Gasteiger partial charge in [0, 0.05) is 30.9 Å². The largest absolute Gasteiger partial charge is 0.481 e. The minimum Gasteiger partial charge on any atom is -0.481 e. The van der Waals surface area contributed by atoms with Gasteiger partial charge in [-0.25, -0.2) is 4.98 Å². The number of piperidine rings is 1. The number of anilines is 2. The van der Waals surface area contributed by atoms with E-state index in [2.05, 4.69) is 15.2 Å². The fraction of sp³-hybridized carbons (Fsp3) is 0.722. The molecule has 2 heterocycles. The molecule has 1 saturated carbocycles. The zero-order chi connectivity index (χ0) is 16.9. The lowest BCUT2D eigenvalue weighted by atomic mass is 9.97. The summed E-state index contributed by atoms with van der Waals surface area (Å²) in [6.07, 6.45) is 8.96. The average Bonchev–Trinajstić information content (AvgIpc) is 2.83. The predicted octanol–water partition coefficient (Wildman–Crippen LogP) is 3.22. The van der Waals surface area contributed by atoms with Crippen molar-refractivity contribution in [3.8, 4) is 0 Å². The van der Waals surface area contributed by atoms with Crippen LogP contribution in [0.2, 0.25) is 0 Å². The number of aliphatic carboxylic acids is 1. The highest BCUT2D eigenvalue weighted by atomic mass is 16.4. The van der Waals surface area contributed by atoms with Crippen LogP contribution in [0.25, 0.3) is 0 Å². The first-order chi connectivity index (χ1) is 11.6. The van der Waals surface area contributed by atoms with Crippen molar-refractivity contribution in [3.05, 3.63) is 11.8 Å². The quantitative estimate of drug-likeness (QED) is 0.824. The predicted molar refractivity (Wildman–Crippen MR) is 94.5 cm³/mol. The van der Waals surface area contributed by atoms with E-state index in [1.54, 1.807) is 0 Å². The molecule has 0 bridgehead atoms. The Morgan fingerprint density at radius 1 is 1.12 bits per heavy atom. The number of aryl methyl sites for hydroxylation is 1. The van der Waals surface area contributed by atoms with Gasteiger partial charge in [0.05, 0.1) is 5.92 Å². The van der Waals surface area contributed by atoms with Crippen LogP contribution in [-0.2, 0) is 4.79 Å². The Kier molecular flexibility index (Phi) is 5.53. The molecule has 6 heteroatoms. The zero-order valence-corrected chi connectivity index (χ0v) is 14.5. The smallest absolute Gasteiger partial charge is 0.306 e. The highest BCUT2D eigenvalue weighted by Gasteiger charge is 2.25. The van der Waals surface area contributed by atoms with Crippen molar-refractivity contribution in [3.63, 3.8) is 0 Å². The van der Waals surface area contributed by atoms with Crippen molar-refractivity contribution in [1.29, 1.82) is 0 Å². The van der Waals surface area contributed by atoms with Crippen molar-refractivity contribution in [1.82, 2.24) is 9.97 Å². The van der Waals surface area contributed by atoms with Crippen LogP contribution in [-0.4, -0.2) is 40.2 Å². The van der Waals surface area contributed by atoms with E-state index in [1.807, 2.05) is 13.0 Å². The minimum atomic E-state index is -0.677. The lowest BCUT2D eigenvalue weighted by Crippen LogP contribution is -2.37. The van der Waals surface area contributed by atoms with Gasteiger partial charge >= 0.3 is 5.97 Å². The standard InChI is InChI=1S/C18H28N4O2/c1-13-12-16(22-10-8-14(9-11-22)17(23)24)21-18(19-13)20-15-6-4-2-3-5-7-15/h12,14-15H,2-11H2,1H3,(H,23,24)(H,19,20,21). The molecule has 2 aliphatic rings. The van der Waals surface area contributed by atoms with Crippen LogP contribution >= 0.6 is 0 Å². The molecule has 3 rings (SSSR count). The maximum absolute atomic E-state index is 11.1. The van der Waals surface area contributed by atoms with E-state index in [4.69, 9.17) is 10.1 Å². The minimum absolute atomic E-state index is 0.215. The van der Waals surface area contributed by atoms with Crippen LogP contribution in [0.5, 0.6) is 0 Å². The number of hydrogen-bond donors (Lipinski definition) is 2. The Balaban J connectivity index is 1.66. The SMILES string of the molecule is Cc1cc(N2CCC(C(=O)O)CC2)nc(NC2CCCCCC2)n1. The summed E-state index contributed by atoms with van der Waals surface area (Å²) in [5.41, 5.74) is 0.955. The van der Waals surface area contributed by atoms with Gasteiger partial charge in [-0.3, -0.25) is 4.79 Å². The number of carboxylic acids is 1. The van der Waals surface area contributed by atoms with Crippen molar-refractivity contribution >= 4 is 17.7 Å². The Bertz CT molecular complexity index is 562. The Hall–Kier alpha value is -1.85. The van der Waals surface area contributed by atoms with Gasteiger partial charge in [-0.05, 0) is 32.6 Å². The van der Waals surface area contributed by atoms with Crippen LogP contribution in [0, 0.1) is 12.8 Å². The third-order valence-electron chi connectivity index (χ3n) is 5.20. The topological polar surface area (TPSA) is 78.4 Å². The Morgan fingerprint density at radius 3 is 2.42 bits per heavy atom. The molecular formula is C18H28N4O2. The molecule has 1 aliphatic heterocycles. The third-order valence-corrected chi connectivity index (χ3v) is 5.20. The van der Waals surface area contributed by atoms with Crippen molar-refractivity contribution in [2.24, 2.45) is 5.92 Å². The van der Waals surface area contributed by atoms with Gasteiger partial charge in [-0.1, -0.05) is 25.7 Å². The number of nitrogens with one attached hydrogen (secondary N) is 1. The van der Waals surface area contributed by atoms with Crippen LogP contribution in [0.4, 0.5) is 11.8 Å². The molecule has 1 aromatic rings. The molecule has 1 aliphatic carbocycles. The highest BCUT2D eigenvalue weighted by Crippen LogP contribution is 2.25. The second kappa shape index (κ2) is 7.81. The third kappa shape index (κ3) is 4.36. The molecule has 0 aromatic carbocycles. The lowest BCUT2D eigenvalue weighted by molar-refractivity contribution is -0.142. The van der Waals surface area contributed by atoms with Crippen molar-refractivity contribution in [2.75, 3.05) is 23.3 Å². The molecule has 1 aromatic heterocycles. The van der Waals surface area contributed by atoms with Crippen molar-refractivity contribution < 1.29 is 9.90 Å². The molecule has 0 unspecified atom stereocenters. The maximum atomic E-state index is 11.1. The van der Waals surface area contributed by atoms with Crippen LogP contribution in [0.3, 0.4) is 0 Å². The monoisotopic (exact) mass is 332 g/mol. The van der Waals surface area contributed by atoms with E-state index >= 15 is 0 Å². The number of rotatable bonds is 4. The summed E-state index contributed by atoms with van der Waals surface area (Å²) >= 11 is 0. The first-order valence-corrected chi connectivity index (χ1v) is 9.22. The zero-order valence-electron chi connectivity index (χ0n) is 14.5. The summed E-state index contributed by atoms with van der Waals surface area (Å²) in [6.45, 7) is 3.49. The number of hydrogen-bond acceptors (Lipinski definition) is 5.